The third kappa shape index (κ3) is 3.30. The molecule has 0 radical (unpaired) electrons. The van der Waals surface area contributed by atoms with Crippen molar-refractivity contribution in [1.82, 2.24) is 10.2 Å². The molecule has 2 nitrogen and oxygen atoms in total. The molecule has 0 aliphatic heterocycles. The third-order valence-electron chi connectivity index (χ3n) is 2.33. The topological polar surface area (TPSA) is 25.8 Å². The van der Waals surface area contributed by atoms with Crippen molar-refractivity contribution in [3.05, 3.63) is 58.4 Å². The van der Waals surface area contributed by atoms with Gasteiger partial charge < -0.3 is 0 Å². The number of aromatic nitrogens is 2. The number of hydrogen-bond acceptors (Lipinski definition) is 2. The Bertz CT molecular complexity index is 548. The fourth-order valence-corrected chi connectivity index (χ4v) is 1.44. The van der Waals surface area contributed by atoms with Gasteiger partial charge in [-0.05, 0) is 42.2 Å². The zero-order valence-electron chi connectivity index (χ0n) is 9.44. The zero-order valence-corrected chi connectivity index (χ0v) is 10.2. The van der Waals surface area contributed by atoms with Crippen LogP contribution in [0.1, 0.15) is 23.7 Å². The van der Waals surface area contributed by atoms with Crippen LogP contribution in [0.15, 0.2) is 36.4 Å². The maximum Gasteiger partial charge on any atom is 0.151 e. The number of nitrogens with zero attached hydrogens (tertiary/aromatic N) is 2. The lowest BCUT2D eigenvalue weighted by molar-refractivity contribution is 1.01. The van der Waals surface area contributed by atoms with Crippen LogP contribution in [0.25, 0.3) is 0 Å². The first-order valence-electron chi connectivity index (χ1n) is 5.38. The molecule has 2 rings (SSSR count). The maximum atomic E-state index is 5.64. The molecule has 17 heavy (non-hydrogen) atoms. The first kappa shape index (κ1) is 11.6. The van der Waals surface area contributed by atoms with Crippen molar-refractivity contribution in [3.63, 3.8) is 0 Å². The summed E-state index contributed by atoms with van der Waals surface area (Å²) in [5, 5.41) is 7.98. The summed E-state index contributed by atoms with van der Waals surface area (Å²) in [7, 11) is 0. The Morgan fingerprint density at radius 2 is 1.76 bits per heavy atom. The highest BCUT2D eigenvalue weighted by Gasteiger charge is 1.92. The quantitative estimate of drug-likeness (QED) is 0.719. The molecule has 0 saturated carbocycles. The zero-order chi connectivity index (χ0) is 12.1. The highest BCUT2D eigenvalue weighted by atomic mass is 35.5. The van der Waals surface area contributed by atoms with Crippen LogP contribution in [0, 0.1) is 11.8 Å². The monoisotopic (exact) mass is 242 g/mol. The summed E-state index contributed by atoms with van der Waals surface area (Å²) in [4.78, 5) is 0. The summed E-state index contributed by atoms with van der Waals surface area (Å²) < 4.78 is 0. The van der Waals surface area contributed by atoms with Gasteiger partial charge in [0, 0.05) is 5.56 Å². The fraction of sp³-hybridized carbons (Fsp3) is 0.143. The highest BCUT2D eigenvalue weighted by molar-refractivity contribution is 6.29. The molecular weight excluding hydrogens is 232 g/mol. The van der Waals surface area contributed by atoms with Gasteiger partial charge in [0.05, 0.1) is 0 Å². The van der Waals surface area contributed by atoms with Gasteiger partial charge in [-0.2, -0.15) is 0 Å². The number of benzene rings is 1. The van der Waals surface area contributed by atoms with Gasteiger partial charge in [-0.1, -0.05) is 36.6 Å². The first-order chi connectivity index (χ1) is 8.28. The van der Waals surface area contributed by atoms with E-state index in [0.717, 1.165) is 12.0 Å². The molecule has 1 heterocycles. The summed E-state index contributed by atoms with van der Waals surface area (Å²) in [5.41, 5.74) is 2.90. The molecule has 0 fully saturated rings. The van der Waals surface area contributed by atoms with Crippen LogP contribution in [0.4, 0.5) is 0 Å². The van der Waals surface area contributed by atoms with Crippen LogP contribution >= 0.6 is 11.6 Å². The lowest BCUT2D eigenvalue weighted by Gasteiger charge is -1.95. The second kappa shape index (κ2) is 5.47. The molecule has 0 amide bonds. The van der Waals surface area contributed by atoms with Gasteiger partial charge in [0.2, 0.25) is 0 Å². The molecule has 0 saturated heterocycles. The van der Waals surface area contributed by atoms with Crippen molar-refractivity contribution in [1.29, 1.82) is 0 Å². The van der Waals surface area contributed by atoms with Crippen LogP contribution in [-0.4, -0.2) is 10.2 Å². The largest absolute Gasteiger partial charge is 0.151 e. The van der Waals surface area contributed by atoms with Gasteiger partial charge in [0.15, 0.2) is 5.15 Å². The molecule has 1 aromatic carbocycles. The molecule has 0 bridgehead atoms. The van der Waals surface area contributed by atoms with Crippen LogP contribution in [0.5, 0.6) is 0 Å². The molecule has 0 spiro atoms. The van der Waals surface area contributed by atoms with Gasteiger partial charge in [-0.25, -0.2) is 0 Å². The first-order valence-corrected chi connectivity index (χ1v) is 5.76. The Morgan fingerprint density at radius 1 is 1.00 bits per heavy atom. The Balaban J connectivity index is 2.17. The van der Waals surface area contributed by atoms with E-state index in [1.165, 1.54) is 5.56 Å². The predicted molar refractivity (Wildman–Crippen MR) is 68.8 cm³/mol. The van der Waals surface area contributed by atoms with Gasteiger partial charge >= 0.3 is 0 Å². The van der Waals surface area contributed by atoms with E-state index in [1.807, 2.05) is 12.1 Å². The molecule has 0 N–H and O–H groups in total. The summed E-state index contributed by atoms with van der Waals surface area (Å²) in [6, 6.07) is 11.6. The lowest BCUT2D eigenvalue weighted by atomic mass is 10.1. The minimum atomic E-state index is 0.378. The second-order valence-electron chi connectivity index (χ2n) is 3.54. The average molecular weight is 243 g/mol. The molecular formula is C14H11ClN2. The summed E-state index contributed by atoms with van der Waals surface area (Å²) in [5.74, 6) is 5.98. The molecule has 0 aliphatic rings. The molecule has 0 unspecified atom stereocenters. The van der Waals surface area contributed by atoms with E-state index in [4.69, 9.17) is 11.6 Å². The fourth-order valence-electron chi connectivity index (χ4n) is 1.34. The van der Waals surface area contributed by atoms with Crippen LogP contribution in [0.3, 0.4) is 0 Å². The Kier molecular flexibility index (Phi) is 3.74. The van der Waals surface area contributed by atoms with Crippen molar-refractivity contribution < 1.29 is 0 Å². The molecule has 84 valence electrons. The van der Waals surface area contributed by atoms with E-state index in [1.54, 1.807) is 12.1 Å². The Labute approximate surface area is 106 Å². The summed E-state index contributed by atoms with van der Waals surface area (Å²) >= 11 is 5.64. The van der Waals surface area contributed by atoms with Gasteiger partial charge in [0.1, 0.15) is 5.69 Å². The molecule has 0 atom stereocenters. The molecule has 1 aromatic heterocycles. The molecule has 2 aromatic rings. The number of hydrogen-bond donors (Lipinski definition) is 0. The van der Waals surface area contributed by atoms with Gasteiger partial charge in [-0.3, -0.25) is 0 Å². The van der Waals surface area contributed by atoms with Crippen LogP contribution in [-0.2, 0) is 6.42 Å². The standard InChI is InChI=1S/C14H11ClN2/c1-2-11-3-5-12(6-4-11)7-8-13-9-10-14(15)17-16-13/h3-6,9-10H,2H2,1H3. The van der Waals surface area contributed by atoms with Crippen LogP contribution < -0.4 is 0 Å². The summed E-state index contributed by atoms with van der Waals surface area (Å²) in [6.45, 7) is 2.13. The van der Waals surface area contributed by atoms with E-state index in [2.05, 4.69) is 41.1 Å². The van der Waals surface area contributed by atoms with Gasteiger partial charge in [0.25, 0.3) is 0 Å². The normalized spacial score (nSPS) is 9.53. The average Bonchev–Trinajstić information content (AvgIpc) is 2.39. The SMILES string of the molecule is CCc1ccc(C#Cc2ccc(Cl)nn2)cc1. The minimum Gasteiger partial charge on any atom is -0.140 e. The lowest BCUT2D eigenvalue weighted by Crippen LogP contribution is -1.86. The van der Waals surface area contributed by atoms with E-state index >= 15 is 0 Å². The predicted octanol–water partition coefficient (Wildman–Crippen LogP) is 3.09. The van der Waals surface area contributed by atoms with Gasteiger partial charge in [-0.15, -0.1) is 10.2 Å². The van der Waals surface area contributed by atoms with E-state index in [0.29, 0.717) is 10.8 Å². The van der Waals surface area contributed by atoms with Crippen molar-refractivity contribution in [3.8, 4) is 11.8 Å². The van der Waals surface area contributed by atoms with Crippen molar-refractivity contribution in [2.45, 2.75) is 13.3 Å². The molecule has 0 aliphatic carbocycles. The third-order valence-corrected chi connectivity index (χ3v) is 2.53. The maximum absolute atomic E-state index is 5.64. The number of aryl methyl sites for hydroxylation is 1. The van der Waals surface area contributed by atoms with E-state index < -0.39 is 0 Å². The number of halogens is 1. The molecule has 3 heteroatoms. The van der Waals surface area contributed by atoms with Crippen molar-refractivity contribution >= 4 is 11.6 Å². The highest BCUT2D eigenvalue weighted by Crippen LogP contribution is 2.04. The Hall–Kier alpha value is -1.85. The van der Waals surface area contributed by atoms with E-state index in [9.17, 15) is 0 Å². The summed E-state index contributed by atoms with van der Waals surface area (Å²) in [6.07, 6.45) is 1.04. The minimum absolute atomic E-state index is 0.378. The van der Waals surface area contributed by atoms with Crippen molar-refractivity contribution in [2.24, 2.45) is 0 Å². The van der Waals surface area contributed by atoms with E-state index in [-0.39, 0.29) is 0 Å². The van der Waals surface area contributed by atoms with Crippen LogP contribution in [0.2, 0.25) is 5.15 Å². The second-order valence-corrected chi connectivity index (χ2v) is 3.93. The van der Waals surface area contributed by atoms with Crippen molar-refractivity contribution in [2.75, 3.05) is 0 Å². The Morgan fingerprint density at radius 3 is 2.35 bits per heavy atom. The number of rotatable bonds is 1. The smallest absolute Gasteiger partial charge is 0.140 e.